The van der Waals surface area contributed by atoms with Gasteiger partial charge in [0.1, 0.15) is 0 Å². The molecule has 1 aliphatic heterocycles. The molecule has 0 amide bonds. The third-order valence-corrected chi connectivity index (χ3v) is 4.77. The molecule has 0 saturated heterocycles. The van der Waals surface area contributed by atoms with E-state index in [9.17, 15) is 5.21 Å². The van der Waals surface area contributed by atoms with E-state index in [1.807, 2.05) is 0 Å². The molecule has 0 aromatic heterocycles. The van der Waals surface area contributed by atoms with E-state index in [-0.39, 0.29) is 11.1 Å². The molecule has 1 radical (unpaired) electrons. The van der Waals surface area contributed by atoms with Crippen molar-refractivity contribution in [3.8, 4) is 0 Å². The molecule has 2 nitrogen and oxygen atoms in total. The van der Waals surface area contributed by atoms with Crippen molar-refractivity contribution in [2.75, 3.05) is 0 Å². The van der Waals surface area contributed by atoms with Gasteiger partial charge < -0.3 is 0 Å². The van der Waals surface area contributed by atoms with Crippen LogP contribution in [0.4, 0.5) is 0 Å². The maximum Gasteiger partial charge on any atom is 0.0710 e. The van der Waals surface area contributed by atoms with Crippen LogP contribution in [-0.2, 0) is 5.21 Å². The molecule has 0 N–H and O–H groups in total. The average Bonchev–Trinajstić information content (AvgIpc) is 2.60. The Morgan fingerprint density at radius 3 is 1.76 bits per heavy atom. The minimum absolute atomic E-state index is 0.250. The predicted octanol–water partition coefficient (Wildman–Crippen LogP) is 4.35. The summed E-state index contributed by atoms with van der Waals surface area (Å²) < 4.78 is 0. The summed E-state index contributed by atoms with van der Waals surface area (Å²) in [5.74, 6) is 0.464. The van der Waals surface area contributed by atoms with Crippen molar-refractivity contribution in [3.05, 3.63) is 11.6 Å². The van der Waals surface area contributed by atoms with Crippen molar-refractivity contribution in [3.63, 3.8) is 0 Å². The maximum absolute atomic E-state index is 12.9. The highest BCUT2D eigenvalue weighted by molar-refractivity contribution is 5.34. The topological polar surface area (TPSA) is 23.1 Å². The van der Waals surface area contributed by atoms with Gasteiger partial charge in [-0.25, -0.2) is 0 Å². The van der Waals surface area contributed by atoms with Crippen LogP contribution in [-0.4, -0.2) is 16.1 Å². The minimum atomic E-state index is -0.258. The quantitative estimate of drug-likeness (QED) is 0.653. The highest BCUT2D eigenvalue weighted by Crippen LogP contribution is 2.48. The summed E-state index contributed by atoms with van der Waals surface area (Å²) in [4.78, 5) is 0. The number of hydrogen-bond acceptors (Lipinski definition) is 1. The lowest BCUT2D eigenvalue weighted by Gasteiger charge is -2.42. The van der Waals surface area contributed by atoms with Crippen LogP contribution in [0.25, 0.3) is 0 Å². The van der Waals surface area contributed by atoms with Crippen molar-refractivity contribution in [1.82, 2.24) is 5.06 Å². The maximum atomic E-state index is 12.9. The zero-order valence-electron chi connectivity index (χ0n) is 12.3. The van der Waals surface area contributed by atoms with E-state index in [2.05, 4.69) is 47.6 Å². The molecule has 17 heavy (non-hydrogen) atoms. The van der Waals surface area contributed by atoms with Gasteiger partial charge in [0.25, 0.3) is 0 Å². The van der Waals surface area contributed by atoms with Crippen LogP contribution >= 0.6 is 0 Å². The zero-order valence-corrected chi connectivity index (χ0v) is 12.3. The van der Waals surface area contributed by atoms with Gasteiger partial charge in [0, 0.05) is 0 Å². The second-order valence-electron chi connectivity index (χ2n) is 5.60. The second kappa shape index (κ2) is 5.11. The summed E-state index contributed by atoms with van der Waals surface area (Å²) >= 11 is 0. The summed E-state index contributed by atoms with van der Waals surface area (Å²) in [5.41, 5.74) is 0.854. The van der Waals surface area contributed by atoms with Crippen LogP contribution in [0, 0.1) is 5.92 Å². The van der Waals surface area contributed by atoms with Gasteiger partial charge >= 0.3 is 0 Å². The fraction of sp³-hybridized carbons (Fsp3) is 0.867. The molecule has 1 heterocycles. The summed E-state index contributed by atoms with van der Waals surface area (Å²) in [6.45, 7) is 13.0. The molecule has 1 aliphatic rings. The van der Waals surface area contributed by atoms with Gasteiger partial charge in [0.15, 0.2) is 0 Å². The van der Waals surface area contributed by atoms with Gasteiger partial charge in [0.2, 0.25) is 0 Å². The lowest BCUT2D eigenvalue weighted by molar-refractivity contribution is -0.259. The normalized spacial score (nSPS) is 23.2. The van der Waals surface area contributed by atoms with Gasteiger partial charge in [0.05, 0.1) is 11.1 Å². The van der Waals surface area contributed by atoms with E-state index in [0.29, 0.717) is 5.92 Å². The van der Waals surface area contributed by atoms with Crippen LogP contribution in [0.1, 0.15) is 67.2 Å². The predicted molar refractivity (Wildman–Crippen MR) is 72.1 cm³/mol. The van der Waals surface area contributed by atoms with Crippen LogP contribution in [0.3, 0.4) is 0 Å². The Hall–Kier alpha value is -0.340. The highest BCUT2D eigenvalue weighted by atomic mass is 16.5. The molecule has 99 valence electrons. The van der Waals surface area contributed by atoms with Crippen molar-refractivity contribution in [1.29, 1.82) is 0 Å². The van der Waals surface area contributed by atoms with E-state index >= 15 is 0 Å². The van der Waals surface area contributed by atoms with Gasteiger partial charge in [-0.05, 0) is 37.2 Å². The first-order valence-electron chi connectivity index (χ1n) is 7.14. The molecule has 0 unspecified atom stereocenters. The first-order chi connectivity index (χ1) is 7.94. The molecule has 2 heteroatoms. The fourth-order valence-electron chi connectivity index (χ4n) is 3.42. The van der Waals surface area contributed by atoms with Gasteiger partial charge in [-0.2, -0.15) is 0 Å². The molecule has 0 spiro atoms. The fourth-order valence-corrected chi connectivity index (χ4v) is 3.42. The summed E-state index contributed by atoms with van der Waals surface area (Å²) in [7, 11) is 0. The van der Waals surface area contributed by atoms with E-state index in [4.69, 9.17) is 0 Å². The molecule has 1 rings (SSSR count). The Balaban J connectivity index is 3.30. The molecule has 0 aromatic rings. The standard InChI is InChI=1S/C15H28NO/c1-7-14(8-2)11-13(12(5)6)15(9-3,10-4)16(14)17/h11-12H,7-10H2,1-6H3. The number of hydrogen-bond donors (Lipinski definition) is 0. The molecular weight excluding hydrogens is 210 g/mol. The minimum Gasteiger partial charge on any atom is -0.135 e. The van der Waals surface area contributed by atoms with Gasteiger partial charge in [-0.3, -0.25) is 0 Å². The molecule has 0 bridgehead atoms. The largest absolute Gasteiger partial charge is 0.135 e. The molecule has 0 fully saturated rings. The Bertz CT molecular complexity index is 285. The van der Waals surface area contributed by atoms with Crippen molar-refractivity contribution >= 4 is 0 Å². The monoisotopic (exact) mass is 238 g/mol. The Kier molecular flexibility index (Phi) is 4.43. The lowest BCUT2D eigenvalue weighted by Crippen LogP contribution is -2.52. The van der Waals surface area contributed by atoms with E-state index in [1.54, 1.807) is 0 Å². The van der Waals surface area contributed by atoms with Gasteiger partial charge in [-0.15, -0.1) is 10.3 Å². The second-order valence-corrected chi connectivity index (χ2v) is 5.60. The summed E-state index contributed by atoms with van der Waals surface area (Å²) in [6, 6.07) is 0. The van der Waals surface area contributed by atoms with E-state index < -0.39 is 0 Å². The Morgan fingerprint density at radius 2 is 1.53 bits per heavy atom. The third-order valence-electron chi connectivity index (χ3n) is 4.77. The lowest BCUT2D eigenvalue weighted by atomic mass is 9.80. The molecule has 0 aromatic carbocycles. The number of nitrogens with zero attached hydrogens (tertiary/aromatic N) is 1. The average molecular weight is 238 g/mol. The highest BCUT2D eigenvalue weighted by Gasteiger charge is 2.53. The molecular formula is C15H28NO. The van der Waals surface area contributed by atoms with Gasteiger partial charge in [-0.1, -0.05) is 47.6 Å². The molecule has 0 aliphatic carbocycles. The van der Waals surface area contributed by atoms with Crippen LogP contribution in [0.2, 0.25) is 0 Å². The van der Waals surface area contributed by atoms with Crippen molar-refractivity contribution in [2.45, 2.75) is 78.3 Å². The SMILES string of the molecule is CCC1(CC)C=C(C(C)C)C(CC)(CC)N1[O]. The smallest absolute Gasteiger partial charge is 0.0710 e. The molecule has 0 saturated carbocycles. The number of rotatable bonds is 5. The van der Waals surface area contributed by atoms with Crippen LogP contribution in [0.5, 0.6) is 0 Å². The van der Waals surface area contributed by atoms with E-state index in [0.717, 1.165) is 25.7 Å². The van der Waals surface area contributed by atoms with E-state index in [1.165, 1.54) is 10.6 Å². The molecule has 0 atom stereocenters. The first-order valence-corrected chi connectivity index (χ1v) is 7.14. The van der Waals surface area contributed by atoms with Crippen LogP contribution in [0.15, 0.2) is 11.6 Å². The Labute approximate surface area is 107 Å². The number of hydroxylamine groups is 2. The summed E-state index contributed by atoms with van der Waals surface area (Å²) in [5, 5.41) is 14.3. The van der Waals surface area contributed by atoms with Crippen molar-refractivity contribution in [2.24, 2.45) is 5.92 Å². The van der Waals surface area contributed by atoms with Crippen LogP contribution < -0.4 is 0 Å². The first kappa shape index (κ1) is 14.7. The Morgan fingerprint density at radius 1 is 1.06 bits per heavy atom. The third kappa shape index (κ3) is 1.96. The van der Waals surface area contributed by atoms with Crippen molar-refractivity contribution < 1.29 is 5.21 Å². The zero-order chi connectivity index (χ0) is 13.3. The summed E-state index contributed by atoms with van der Waals surface area (Å²) in [6.07, 6.45) is 5.94.